The number of esters is 1. The van der Waals surface area contributed by atoms with Gasteiger partial charge >= 0.3 is 12.3 Å². The molecule has 0 amide bonds. The number of rotatable bonds is 7. The van der Waals surface area contributed by atoms with Crippen molar-refractivity contribution in [3.63, 3.8) is 0 Å². The molecular weight excluding hydrogens is 264 g/mol. The number of ether oxygens (including phenoxy) is 1. The number of hydrogen-bond acceptors (Lipinski definition) is 2. The first-order chi connectivity index (χ1) is 10.2. The van der Waals surface area contributed by atoms with Crippen LogP contribution in [0, 0.1) is 0 Å². The Morgan fingerprint density at radius 3 is 2.62 bits per heavy atom. The summed E-state index contributed by atoms with van der Waals surface area (Å²) in [5.41, 5.74) is 1.06. The summed E-state index contributed by atoms with van der Waals surface area (Å²) in [7, 11) is 1.96. The molecule has 4 nitrogen and oxygen atoms in total. The van der Waals surface area contributed by atoms with E-state index in [0.717, 1.165) is 24.9 Å². The third-order valence-corrected chi connectivity index (χ3v) is 3.59. The highest BCUT2D eigenvalue weighted by molar-refractivity contribution is 5.84. The Bertz CT molecular complexity index is 537. The molecule has 1 heterocycles. The monoisotopic (exact) mass is 288 g/mol. The van der Waals surface area contributed by atoms with Crippen molar-refractivity contribution >= 4 is 18.0 Å². The first kappa shape index (κ1) is 15.4. The molecule has 2 rings (SSSR count). The van der Waals surface area contributed by atoms with Gasteiger partial charge in [-0.3, -0.25) is 0 Å². The summed E-state index contributed by atoms with van der Waals surface area (Å²) in [6.45, 7) is 2.94. The minimum Gasteiger partial charge on any atom is -0.461 e. The van der Waals surface area contributed by atoms with Crippen LogP contribution in [0.5, 0.6) is 0 Å². The summed E-state index contributed by atoms with van der Waals surface area (Å²) in [6.07, 6.45) is 9.17. The Hall–Kier alpha value is -1.94. The molecule has 0 aliphatic carbocycles. The van der Waals surface area contributed by atoms with Gasteiger partial charge < -0.3 is 4.74 Å². The van der Waals surface area contributed by atoms with Crippen molar-refractivity contribution in [1.82, 2.24) is 4.48 Å². The molecule has 0 radical (unpaired) electrons. The third kappa shape index (κ3) is 4.02. The molecule has 21 heavy (non-hydrogen) atoms. The molecule has 1 aromatic rings. The highest BCUT2D eigenvalue weighted by Crippen LogP contribution is 2.24. The lowest BCUT2D eigenvalue weighted by molar-refractivity contribution is -0.415. The Labute approximate surface area is 126 Å². The highest BCUT2D eigenvalue weighted by atomic mass is 16.5. The van der Waals surface area contributed by atoms with Crippen molar-refractivity contribution in [3.05, 3.63) is 42.7 Å². The van der Waals surface area contributed by atoms with Crippen molar-refractivity contribution in [2.45, 2.75) is 26.2 Å². The van der Waals surface area contributed by atoms with Crippen LogP contribution in [0.15, 0.2) is 42.7 Å². The Morgan fingerprint density at radius 1 is 1.24 bits per heavy atom. The second-order valence-electron chi connectivity index (χ2n) is 5.43. The fourth-order valence-corrected chi connectivity index (χ4v) is 2.47. The van der Waals surface area contributed by atoms with Crippen molar-refractivity contribution in [2.24, 2.45) is 0 Å². The average molecular weight is 288 g/mol. The zero-order valence-electron chi connectivity index (χ0n) is 12.9. The van der Waals surface area contributed by atoms with Crippen molar-refractivity contribution in [1.29, 1.82) is 0 Å². The SMILES string of the molecule is CCCCCOC(=O)C[N@+]1(c2ccccc2)C=C[N+](C)=C1. The van der Waals surface area contributed by atoms with Crippen LogP contribution >= 0.6 is 0 Å². The summed E-state index contributed by atoms with van der Waals surface area (Å²) >= 11 is 0. The smallest absolute Gasteiger partial charge is 0.363 e. The standard InChI is InChI=1S/C17H24N2O2/c1-3-4-8-13-21-17(20)14-19(12-11-18(2)15-19)16-9-6-5-7-10-16/h5-7,9-12,15H,3-4,8,13-14H2,1-2H3/q+2/t19-/m1/s1. The van der Waals surface area contributed by atoms with Gasteiger partial charge in [-0.2, -0.15) is 9.06 Å². The largest absolute Gasteiger partial charge is 0.461 e. The van der Waals surface area contributed by atoms with Crippen LogP contribution in [0.3, 0.4) is 0 Å². The number of benzene rings is 1. The van der Waals surface area contributed by atoms with Gasteiger partial charge in [0.2, 0.25) is 6.20 Å². The number of quaternary nitrogens is 1. The molecule has 0 unspecified atom stereocenters. The molecule has 0 bridgehead atoms. The van der Waals surface area contributed by atoms with E-state index >= 15 is 0 Å². The van der Waals surface area contributed by atoms with Crippen LogP contribution in [0.25, 0.3) is 0 Å². The Kier molecular flexibility index (Phi) is 5.28. The predicted molar refractivity (Wildman–Crippen MR) is 85.0 cm³/mol. The highest BCUT2D eigenvalue weighted by Gasteiger charge is 2.38. The number of hydrogen-bond donors (Lipinski definition) is 0. The maximum Gasteiger partial charge on any atom is 0.363 e. The van der Waals surface area contributed by atoms with Crippen LogP contribution in [-0.4, -0.2) is 37.1 Å². The summed E-state index contributed by atoms with van der Waals surface area (Å²) in [5.74, 6) is -0.161. The van der Waals surface area contributed by atoms with E-state index in [4.69, 9.17) is 4.74 Å². The summed E-state index contributed by atoms with van der Waals surface area (Å²) in [6, 6.07) is 10.0. The molecule has 0 saturated heterocycles. The molecule has 1 atom stereocenters. The number of nitrogens with zero attached hydrogens (tertiary/aromatic N) is 2. The first-order valence-corrected chi connectivity index (χ1v) is 7.52. The topological polar surface area (TPSA) is 29.3 Å². The van der Waals surface area contributed by atoms with Gasteiger partial charge in [0, 0.05) is 12.1 Å². The molecule has 1 aromatic carbocycles. The van der Waals surface area contributed by atoms with Gasteiger partial charge in [-0.15, -0.1) is 0 Å². The Balaban J connectivity index is 2.06. The number of para-hydroxylation sites is 1. The van der Waals surface area contributed by atoms with Gasteiger partial charge in [-0.1, -0.05) is 38.0 Å². The van der Waals surface area contributed by atoms with Gasteiger partial charge in [0.1, 0.15) is 12.7 Å². The van der Waals surface area contributed by atoms with Crippen molar-refractivity contribution < 1.29 is 14.1 Å². The fraction of sp³-hybridized carbons (Fsp3) is 0.412. The van der Waals surface area contributed by atoms with Crippen LogP contribution < -0.4 is 4.48 Å². The molecule has 1 aliphatic heterocycles. The van der Waals surface area contributed by atoms with E-state index in [9.17, 15) is 4.79 Å². The minimum atomic E-state index is -0.161. The summed E-state index contributed by atoms with van der Waals surface area (Å²) in [4.78, 5) is 12.1. The molecule has 0 fully saturated rings. The first-order valence-electron chi connectivity index (χ1n) is 7.52. The fourth-order valence-electron chi connectivity index (χ4n) is 2.47. The van der Waals surface area contributed by atoms with Crippen LogP contribution in [0.4, 0.5) is 5.69 Å². The lowest BCUT2D eigenvalue weighted by Gasteiger charge is -2.22. The average Bonchev–Trinajstić information content (AvgIpc) is 2.87. The lowest BCUT2D eigenvalue weighted by atomic mass is 10.2. The van der Waals surface area contributed by atoms with Gasteiger partial charge in [0.15, 0.2) is 12.7 Å². The second-order valence-corrected chi connectivity index (χ2v) is 5.43. The van der Waals surface area contributed by atoms with Gasteiger partial charge in [0.25, 0.3) is 0 Å². The van der Waals surface area contributed by atoms with Gasteiger partial charge in [0.05, 0.1) is 6.61 Å². The third-order valence-electron chi connectivity index (χ3n) is 3.59. The molecule has 112 valence electrons. The van der Waals surface area contributed by atoms with E-state index in [2.05, 4.69) is 6.92 Å². The normalized spacial score (nSPS) is 20.4. The molecule has 0 aromatic heterocycles. The van der Waals surface area contributed by atoms with Crippen molar-refractivity contribution in [2.75, 3.05) is 20.2 Å². The van der Waals surface area contributed by atoms with Crippen LogP contribution in [-0.2, 0) is 9.53 Å². The molecule has 0 N–H and O–H groups in total. The molecule has 0 spiro atoms. The van der Waals surface area contributed by atoms with E-state index in [-0.39, 0.29) is 12.5 Å². The van der Waals surface area contributed by atoms with Crippen LogP contribution in [0.1, 0.15) is 26.2 Å². The maximum absolute atomic E-state index is 12.1. The zero-order chi connectivity index (χ0) is 15.1. The summed E-state index contributed by atoms with van der Waals surface area (Å²) in [5, 5.41) is 0. The predicted octanol–water partition coefficient (Wildman–Crippen LogP) is 2.88. The molecule has 4 heteroatoms. The maximum atomic E-state index is 12.1. The van der Waals surface area contributed by atoms with E-state index in [1.54, 1.807) is 0 Å². The summed E-state index contributed by atoms with van der Waals surface area (Å²) < 4.78 is 7.71. The second kappa shape index (κ2) is 7.18. The molecular formula is C17H24N2O2+2. The number of carbonyl (C=O) groups excluding carboxylic acids is 1. The molecule has 0 saturated carbocycles. The van der Waals surface area contributed by atoms with Gasteiger partial charge in [-0.05, 0) is 6.42 Å². The quantitative estimate of drug-likeness (QED) is 0.334. The van der Waals surface area contributed by atoms with Gasteiger partial charge in [-0.25, -0.2) is 4.79 Å². The number of carbonyl (C=O) groups is 1. The van der Waals surface area contributed by atoms with Crippen molar-refractivity contribution in [3.8, 4) is 0 Å². The lowest BCUT2D eigenvalue weighted by Crippen LogP contribution is -2.46. The minimum absolute atomic E-state index is 0.161. The van der Waals surface area contributed by atoms with E-state index < -0.39 is 0 Å². The van der Waals surface area contributed by atoms with E-state index in [0.29, 0.717) is 11.1 Å². The van der Waals surface area contributed by atoms with E-state index in [1.807, 2.05) is 60.7 Å². The number of unbranched alkanes of at least 4 members (excludes halogenated alkanes) is 2. The Morgan fingerprint density at radius 2 is 2.00 bits per heavy atom. The van der Waals surface area contributed by atoms with E-state index in [1.165, 1.54) is 0 Å². The zero-order valence-corrected chi connectivity index (χ0v) is 12.9. The molecule has 1 aliphatic rings. The van der Waals surface area contributed by atoms with Crippen LogP contribution in [0.2, 0.25) is 0 Å².